The molecule has 100 valence electrons. The molecule has 0 amide bonds. The first-order chi connectivity index (χ1) is 9.21. The summed E-state index contributed by atoms with van der Waals surface area (Å²) in [7, 11) is 0. The molecular formula is C16H21N3. The lowest BCUT2D eigenvalue weighted by molar-refractivity contribution is 0.230. The van der Waals surface area contributed by atoms with E-state index < -0.39 is 5.54 Å². The molecule has 3 nitrogen and oxygen atoms in total. The summed E-state index contributed by atoms with van der Waals surface area (Å²) in [5, 5.41) is 9.37. The van der Waals surface area contributed by atoms with Crippen molar-refractivity contribution in [1.29, 1.82) is 5.26 Å². The van der Waals surface area contributed by atoms with Gasteiger partial charge in [0.05, 0.1) is 6.07 Å². The molecule has 1 unspecified atom stereocenters. The van der Waals surface area contributed by atoms with Crippen molar-refractivity contribution < 1.29 is 0 Å². The molecule has 1 aromatic carbocycles. The first-order valence-electron chi connectivity index (χ1n) is 7.20. The number of fused-ring (bicyclic) bond motifs is 1. The Bertz CT molecular complexity index is 474. The van der Waals surface area contributed by atoms with Crippen molar-refractivity contribution in [3.05, 3.63) is 35.4 Å². The molecule has 0 radical (unpaired) electrons. The van der Waals surface area contributed by atoms with Crippen molar-refractivity contribution in [1.82, 2.24) is 4.90 Å². The molecule has 3 heteroatoms. The molecule has 2 aliphatic rings. The lowest BCUT2D eigenvalue weighted by Gasteiger charge is -2.29. The molecule has 0 saturated heterocycles. The molecule has 1 fully saturated rings. The third kappa shape index (κ3) is 2.65. The van der Waals surface area contributed by atoms with E-state index in [4.69, 9.17) is 5.73 Å². The zero-order valence-corrected chi connectivity index (χ0v) is 11.3. The van der Waals surface area contributed by atoms with Gasteiger partial charge in [0.25, 0.3) is 0 Å². The van der Waals surface area contributed by atoms with E-state index in [1.807, 2.05) is 0 Å². The number of rotatable bonds is 3. The van der Waals surface area contributed by atoms with Gasteiger partial charge in [-0.1, -0.05) is 24.3 Å². The number of benzene rings is 1. The number of nitrogens with zero attached hydrogens (tertiary/aromatic N) is 2. The van der Waals surface area contributed by atoms with E-state index >= 15 is 0 Å². The number of nitrogens with two attached hydrogens (primary N) is 1. The van der Waals surface area contributed by atoms with Crippen LogP contribution in [-0.4, -0.2) is 30.1 Å². The molecular weight excluding hydrogens is 234 g/mol. The van der Waals surface area contributed by atoms with Crippen LogP contribution < -0.4 is 5.73 Å². The Hall–Kier alpha value is -1.37. The maximum atomic E-state index is 9.37. The van der Waals surface area contributed by atoms with Gasteiger partial charge in [-0.25, -0.2) is 0 Å². The zero-order valence-electron chi connectivity index (χ0n) is 11.3. The second kappa shape index (κ2) is 4.96. The molecule has 1 heterocycles. The van der Waals surface area contributed by atoms with Crippen molar-refractivity contribution in [2.45, 2.75) is 31.2 Å². The van der Waals surface area contributed by atoms with E-state index in [0.29, 0.717) is 5.92 Å². The van der Waals surface area contributed by atoms with Crippen LogP contribution in [0.15, 0.2) is 24.3 Å². The predicted molar refractivity (Wildman–Crippen MR) is 75.5 cm³/mol. The molecule has 0 bridgehead atoms. The third-order valence-electron chi connectivity index (χ3n) is 4.51. The molecule has 1 aromatic rings. The zero-order chi connectivity index (χ0) is 13.3. The van der Waals surface area contributed by atoms with Gasteiger partial charge in [-0.2, -0.15) is 5.26 Å². The van der Waals surface area contributed by atoms with Crippen LogP contribution in [0, 0.1) is 17.2 Å². The van der Waals surface area contributed by atoms with Crippen molar-refractivity contribution in [2.75, 3.05) is 19.6 Å². The lowest BCUT2D eigenvalue weighted by atomic mass is 9.95. The highest BCUT2D eigenvalue weighted by Gasteiger charge is 2.43. The average molecular weight is 255 g/mol. The summed E-state index contributed by atoms with van der Waals surface area (Å²) in [6.45, 7) is 2.76. The van der Waals surface area contributed by atoms with E-state index in [-0.39, 0.29) is 0 Å². The first-order valence-corrected chi connectivity index (χ1v) is 7.20. The standard InChI is InChI=1S/C16H21N3/c17-11-16(18,15-5-6-15)12-19-9-7-13-3-1-2-4-14(13)8-10-19/h1-4,15H,5-10,12,18H2. The van der Waals surface area contributed by atoms with Crippen LogP contribution in [0.5, 0.6) is 0 Å². The topological polar surface area (TPSA) is 53.1 Å². The fourth-order valence-electron chi connectivity index (χ4n) is 3.10. The minimum Gasteiger partial charge on any atom is -0.312 e. The number of hydrogen-bond acceptors (Lipinski definition) is 3. The predicted octanol–water partition coefficient (Wildman–Crippen LogP) is 1.72. The molecule has 0 spiro atoms. The molecule has 1 aliphatic carbocycles. The van der Waals surface area contributed by atoms with Gasteiger partial charge < -0.3 is 5.73 Å². The third-order valence-corrected chi connectivity index (χ3v) is 4.51. The Morgan fingerprint density at radius 3 is 2.26 bits per heavy atom. The minimum absolute atomic E-state index is 0.420. The maximum Gasteiger partial charge on any atom is 0.119 e. The van der Waals surface area contributed by atoms with Crippen LogP contribution >= 0.6 is 0 Å². The van der Waals surface area contributed by atoms with E-state index in [1.165, 1.54) is 11.1 Å². The van der Waals surface area contributed by atoms with Crippen LogP contribution in [0.1, 0.15) is 24.0 Å². The maximum absolute atomic E-state index is 9.37. The van der Waals surface area contributed by atoms with E-state index in [9.17, 15) is 5.26 Å². The Balaban J connectivity index is 1.67. The van der Waals surface area contributed by atoms with Crippen molar-refractivity contribution in [3.63, 3.8) is 0 Å². The van der Waals surface area contributed by atoms with Crippen LogP contribution in [0.2, 0.25) is 0 Å². The quantitative estimate of drug-likeness (QED) is 0.894. The van der Waals surface area contributed by atoms with E-state index in [1.54, 1.807) is 0 Å². The molecule has 1 saturated carbocycles. The van der Waals surface area contributed by atoms with Crippen molar-refractivity contribution in [2.24, 2.45) is 11.7 Å². The van der Waals surface area contributed by atoms with Crippen molar-refractivity contribution in [3.8, 4) is 6.07 Å². The van der Waals surface area contributed by atoms with Crippen LogP contribution in [0.25, 0.3) is 0 Å². The SMILES string of the molecule is N#CC(N)(CN1CCc2ccccc2CC1)C1CC1. The summed E-state index contributed by atoms with van der Waals surface area (Å²) in [5.41, 5.74) is 8.57. The van der Waals surface area contributed by atoms with Crippen LogP contribution in [0.4, 0.5) is 0 Å². The van der Waals surface area contributed by atoms with E-state index in [0.717, 1.165) is 45.3 Å². The monoisotopic (exact) mass is 255 g/mol. The highest BCUT2D eigenvalue weighted by Crippen LogP contribution is 2.38. The summed E-state index contributed by atoms with van der Waals surface area (Å²) in [6.07, 6.45) is 4.39. The summed E-state index contributed by atoms with van der Waals surface area (Å²) < 4.78 is 0. The molecule has 1 atom stereocenters. The van der Waals surface area contributed by atoms with Gasteiger partial charge >= 0.3 is 0 Å². The number of hydrogen-bond donors (Lipinski definition) is 1. The second-order valence-electron chi connectivity index (χ2n) is 5.97. The van der Waals surface area contributed by atoms with Gasteiger partial charge in [0.2, 0.25) is 0 Å². The molecule has 1 aliphatic heterocycles. The second-order valence-corrected chi connectivity index (χ2v) is 5.97. The Kier molecular flexibility index (Phi) is 3.30. The molecule has 2 N–H and O–H groups in total. The molecule has 3 rings (SSSR count). The highest BCUT2D eigenvalue weighted by atomic mass is 15.1. The van der Waals surface area contributed by atoms with Gasteiger partial charge in [-0.05, 0) is 42.7 Å². The van der Waals surface area contributed by atoms with Gasteiger partial charge in [0.15, 0.2) is 0 Å². The summed E-state index contributed by atoms with van der Waals surface area (Å²) in [4.78, 5) is 2.38. The Labute approximate surface area is 115 Å². The summed E-state index contributed by atoms with van der Waals surface area (Å²) in [5.74, 6) is 0.420. The van der Waals surface area contributed by atoms with Gasteiger partial charge in [0, 0.05) is 19.6 Å². The van der Waals surface area contributed by atoms with Crippen LogP contribution in [-0.2, 0) is 12.8 Å². The lowest BCUT2D eigenvalue weighted by Crippen LogP contribution is -2.51. The largest absolute Gasteiger partial charge is 0.312 e. The first kappa shape index (κ1) is 12.7. The fourth-order valence-corrected chi connectivity index (χ4v) is 3.10. The van der Waals surface area contributed by atoms with Gasteiger partial charge in [-0.3, -0.25) is 4.90 Å². The summed E-state index contributed by atoms with van der Waals surface area (Å²) >= 11 is 0. The van der Waals surface area contributed by atoms with Gasteiger partial charge in [-0.15, -0.1) is 0 Å². The van der Waals surface area contributed by atoms with E-state index in [2.05, 4.69) is 35.2 Å². The average Bonchev–Trinajstić information content (AvgIpc) is 3.26. The van der Waals surface area contributed by atoms with Gasteiger partial charge in [0.1, 0.15) is 5.54 Å². The molecule has 19 heavy (non-hydrogen) atoms. The normalized spacial score (nSPS) is 22.9. The summed E-state index contributed by atoms with van der Waals surface area (Å²) in [6, 6.07) is 11.0. The Morgan fingerprint density at radius 2 is 1.79 bits per heavy atom. The number of nitriles is 1. The van der Waals surface area contributed by atoms with Crippen molar-refractivity contribution >= 4 is 0 Å². The minimum atomic E-state index is -0.628. The highest BCUT2D eigenvalue weighted by molar-refractivity contribution is 5.28. The molecule has 0 aromatic heterocycles. The van der Waals surface area contributed by atoms with Crippen LogP contribution in [0.3, 0.4) is 0 Å². The smallest absolute Gasteiger partial charge is 0.119 e. The fraction of sp³-hybridized carbons (Fsp3) is 0.562. The Morgan fingerprint density at radius 1 is 1.21 bits per heavy atom.